The molecule has 0 aliphatic carbocycles. The van der Waals surface area contributed by atoms with Crippen LogP contribution in [0.3, 0.4) is 0 Å². The first-order valence-corrected chi connectivity index (χ1v) is 5.74. The lowest BCUT2D eigenvalue weighted by atomic mass is 10.1. The number of urea groups is 1. The number of benzene rings is 1. The van der Waals surface area contributed by atoms with Crippen molar-refractivity contribution in [1.82, 2.24) is 4.90 Å². The maximum absolute atomic E-state index is 12.1. The Bertz CT molecular complexity index is 568. The van der Waals surface area contributed by atoms with Gasteiger partial charge in [-0.25, -0.2) is 9.69 Å². The van der Waals surface area contributed by atoms with Crippen LogP contribution in [0, 0.1) is 6.92 Å². The highest BCUT2D eigenvalue weighted by Gasteiger charge is 2.37. The average molecular weight is 262 g/mol. The third kappa shape index (κ3) is 2.16. The van der Waals surface area contributed by atoms with E-state index >= 15 is 0 Å². The van der Waals surface area contributed by atoms with E-state index in [2.05, 4.69) is 0 Å². The van der Waals surface area contributed by atoms with E-state index in [9.17, 15) is 14.4 Å². The quantitative estimate of drug-likeness (QED) is 0.754. The van der Waals surface area contributed by atoms with Gasteiger partial charge >= 0.3 is 6.03 Å². The summed E-state index contributed by atoms with van der Waals surface area (Å²) < 4.78 is 5.16. The van der Waals surface area contributed by atoms with E-state index in [0.717, 1.165) is 15.4 Å². The second kappa shape index (κ2) is 4.72. The number of methoxy groups -OCH3 is 1. The molecule has 0 bridgehead atoms. The molecule has 6 nitrogen and oxygen atoms in total. The SMILES string of the molecule is COc1ccc(C)cc1N1C(=O)CC(=O)N(C)C1=O. The normalized spacial score (nSPS) is 16.1. The second-order valence-electron chi connectivity index (χ2n) is 4.32. The summed E-state index contributed by atoms with van der Waals surface area (Å²) in [6, 6.07) is 4.51. The highest BCUT2D eigenvalue weighted by Crippen LogP contribution is 2.31. The number of rotatable bonds is 2. The van der Waals surface area contributed by atoms with Gasteiger partial charge < -0.3 is 4.74 Å². The molecule has 0 atom stereocenters. The van der Waals surface area contributed by atoms with Crippen LogP contribution in [0.25, 0.3) is 0 Å². The van der Waals surface area contributed by atoms with Gasteiger partial charge in [0.1, 0.15) is 12.2 Å². The largest absolute Gasteiger partial charge is 0.495 e. The van der Waals surface area contributed by atoms with E-state index < -0.39 is 17.8 Å². The number of nitrogens with zero attached hydrogens (tertiary/aromatic N) is 2. The fourth-order valence-corrected chi connectivity index (χ4v) is 1.90. The Hall–Kier alpha value is -2.37. The Morgan fingerprint density at radius 2 is 1.84 bits per heavy atom. The van der Waals surface area contributed by atoms with Crippen LogP contribution in [-0.4, -0.2) is 36.9 Å². The van der Waals surface area contributed by atoms with Gasteiger partial charge in [-0.15, -0.1) is 0 Å². The van der Waals surface area contributed by atoms with Gasteiger partial charge in [0.2, 0.25) is 11.8 Å². The van der Waals surface area contributed by atoms with Gasteiger partial charge in [0.25, 0.3) is 0 Å². The van der Waals surface area contributed by atoms with Gasteiger partial charge in [0.05, 0.1) is 12.8 Å². The van der Waals surface area contributed by atoms with Crippen molar-refractivity contribution in [3.8, 4) is 5.75 Å². The monoisotopic (exact) mass is 262 g/mol. The molecular weight excluding hydrogens is 248 g/mol. The Kier molecular flexibility index (Phi) is 3.25. The van der Waals surface area contributed by atoms with Crippen molar-refractivity contribution >= 4 is 23.5 Å². The standard InChI is InChI=1S/C13H14N2O4/c1-8-4-5-10(19-3)9(6-8)15-12(17)7-11(16)14(2)13(15)18/h4-6H,7H2,1-3H3. The summed E-state index contributed by atoms with van der Waals surface area (Å²) in [5.41, 5.74) is 1.24. The number of carbonyl (C=O) groups excluding carboxylic acids is 3. The third-order valence-electron chi connectivity index (χ3n) is 2.98. The second-order valence-corrected chi connectivity index (χ2v) is 4.32. The van der Waals surface area contributed by atoms with Crippen LogP contribution in [0.5, 0.6) is 5.75 Å². The van der Waals surface area contributed by atoms with E-state index in [-0.39, 0.29) is 6.42 Å². The number of carbonyl (C=O) groups is 3. The highest BCUT2D eigenvalue weighted by atomic mass is 16.5. The number of hydrogen-bond acceptors (Lipinski definition) is 4. The summed E-state index contributed by atoms with van der Waals surface area (Å²) in [5.74, 6) is -0.634. The van der Waals surface area contributed by atoms with Gasteiger partial charge in [0, 0.05) is 7.05 Å². The average Bonchev–Trinajstić information content (AvgIpc) is 2.36. The summed E-state index contributed by atoms with van der Waals surface area (Å²) >= 11 is 0. The fourth-order valence-electron chi connectivity index (χ4n) is 1.90. The number of amides is 4. The number of aryl methyl sites for hydroxylation is 1. The summed E-state index contributed by atoms with van der Waals surface area (Å²) in [6.45, 7) is 1.84. The molecule has 6 heteroatoms. The summed E-state index contributed by atoms with van der Waals surface area (Å²) in [6.07, 6.45) is -0.320. The highest BCUT2D eigenvalue weighted by molar-refractivity contribution is 6.26. The number of ether oxygens (including phenoxy) is 1. The molecule has 1 aromatic rings. The van der Waals surface area contributed by atoms with Crippen molar-refractivity contribution in [1.29, 1.82) is 0 Å². The molecule has 0 N–H and O–H groups in total. The van der Waals surface area contributed by atoms with Gasteiger partial charge in [-0.2, -0.15) is 0 Å². The number of anilines is 1. The Labute approximate surface area is 110 Å². The molecular formula is C13H14N2O4. The molecule has 1 heterocycles. The van der Waals surface area contributed by atoms with Crippen molar-refractivity contribution in [2.45, 2.75) is 13.3 Å². The molecule has 100 valence electrons. The molecule has 1 saturated heterocycles. The van der Waals surface area contributed by atoms with Crippen molar-refractivity contribution in [2.75, 3.05) is 19.1 Å². The smallest absolute Gasteiger partial charge is 0.337 e. The maximum atomic E-state index is 12.1. The van der Waals surface area contributed by atoms with Crippen LogP contribution in [0.2, 0.25) is 0 Å². The molecule has 0 spiro atoms. The van der Waals surface area contributed by atoms with Crippen LogP contribution < -0.4 is 9.64 Å². The molecule has 1 aliphatic rings. The molecule has 2 rings (SSSR count). The van der Waals surface area contributed by atoms with E-state index in [0.29, 0.717) is 11.4 Å². The minimum atomic E-state index is -0.662. The van der Waals surface area contributed by atoms with Crippen LogP contribution in [0.1, 0.15) is 12.0 Å². The van der Waals surface area contributed by atoms with Gasteiger partial charge in [-0.1, -0.05) is 6.07 Å². The minimum absolute atomic E-state index is 0.320. The predicted octanol–water partition coefficient (Wildman–Crippen LogP) is 1.32. The molecule has 4 amide bonds. The van der Waals surface area contributed by atoms with Crippen molar-refractivity contribution in [2.24, 2.45) is 0 Å². The number of barbiturate groups is 1. The lowest BCUT2D eigenvalue weighted by Gasteiger charge is -2.31. The molecule has 1 fully saturated rings. The number of hydrogen-bond donors (Lipinski definition) is 0. The first-order valence-electron chi connectivity index (χ1n) is 5.74. The third-order valence-corrected chi connectivity index (χ3v) is 2.98. The number of imide groups is 2. The van der Waals surface area contributed by atoms with Crippen molar-refractivity contribution in [3.05, 3.63) is 23.8 Å². The minimum Gasteiger partial charge on any atom is -0.495 e. The summed E-state index contributed by atoms with van der Waals surface area (Å²) in [4.78, 5) is 37.4. The topological polar surface area (TPSA) is 66.9 Å². The molecule has 0 unspecified atom stereocenters. The van der Waals surface area contributed by atoms with Crippen LogP contribution >= 0.6 is 0 Å². The Morgan fingerprint density at radius 1 is 1.16 bits per heavy atom. The summed E-state index contributed by atoms with van der Waals surface area (Å²) in [5, 5.41) is 0. The van der Waals surface area contributed by atoms with Crippen LogP contribution in [0.4, 0.5) is 10.5 Å². The van der Waals surface area contributed by atoms with E-state index in [1.165, 1.54) is 14.2 Å². The zero-order valence-electron chi connectivity index (χ0n) is 11.0. The molecule has 1 aliphatic heterocycles. The predicted molar refractivity (Wildman–Crippen MR) is 68.0 cm³/mol. The van der Waals surface area contributed by atoms with Crippen molar-refractivity contribution < 1.29 is 19.1 Å². The molecule has 0 saturated carbocycles. The van der Waals surface area contributed by atoms with Gasteiger partial charge in [0.15, 0.2) is 0 Å². The lowest BCUT2D eigenvalue weighted by molar-refractivity contribution is -0.134. The van der Waals surface area contributed by atoms with Gasteiger partial charge in [-0.05, 0) is 24.6 Å². The van der Waals surface area contributed by atoms with E-state index in [1.807, 2.05) is 13.0 Å². The van der Waals surface area contributed by atoms with E-state index in [4.69, 9.17) is 4.74 Å². The zero-order chi connectivity index (χ0) is 14.2. The lowest BCUT2D eigenvalue weighted by Crippen LogP contribution is -2.53. The van der Waals surface area contributed by atoms with Gasteiger partial charge in [-0.3, -0.25) is 14.5 Å². The van der Waals surface area contributed by atoms with Crippen molar-refractivity contribution in [3.63, 3.8) is 0 Å². The first kappa shape index (κ1) is 13.1. The zero-order valence-corrected chi connectivity index (χ0v) is 11.0. The molecule has 1 aromatic carbocycles. The molecule has 19 heavy (non-hydrogen) atoms. The maximum Gasteiger partial charge on any atom is 0.337 e. The Morgan fingerprint density at radius 3 is 2.47 bits per heavy atom. The fraction of sp³-hybridized carbons (Fsp3) is 0.308. The van der Waals surface area contributed by atoms with E-state index in [1.54, 1.807) is 12.1 Å². The summed E-state index contributed by atoms with van der Waals surface area (Å²) in [7, 11) is 2.81. The van der Waals surface area contributed by atoms with Crippen LogP contribution in [0.15, 0.2) is 18.2 Å². The first-order chi connectivity index (χ1) is 8.95. The Balaban J connectivity index is 2.51. The molecule has 0 radical (unpaired) electrons. The van der Waals surface area contributed by atoms with Crippen LogP contribution in [-0.2, 0) is 9.59 Å². The molecule has 0 aromatic heterocycles.